The van der Waals surface area contributed by atoms with Crippen molar-refractivity contribution in [3.8, 4) is 0 Å². The molecule has 3 rings (SSSR count). The van der Waals surface area contributed by atoms with E-state index >= 15 is 0 Å². The van der Waals surface area contributed by atoms with Gasteiger partial charge in [0.15, 0.2) is 0 Å². The molecule has 0 saturated carbocycles. The highest BCUT2D eigenvalue weighted by Gasteiger charge is 2.44. The van der Waals surface area contributed by atoms with E-state index in [0.717, 1.165) is 11.1 Å². The fourth-order valence-electron chi connectivity index (χ4n) is 3.78. The van der Waals surface area contributed by atoms with Crippen molar-refractivity contribution < 1.29 is 14.3 Å². The van der Waals surface area contributed by atoms with Crippen molar-refractivity contribution >= 4 is 34.7 Å². The van der Waals surface area contributed by atoms with Crippen molar-refractivity contribution in [2.24, 2.45) is 0 Å². The molecule has 28 heavy (non-hydrogen) atoms. The Morgan fingerprint density at radius 1 is 1.11 bits per heavy atom. The van der Waals surface area contributed by atoms with Gasteiger partial charge in [0.1, 0.15) is 0 Å². The van der Waals surface area contributed by atoms with Crippen LogP contribution in [0.15, 0.2) is 60.7 Å². The first kappa shape index (κ1) is 20.6. The SMILES string of the molecule is CCOC(=O)N1C(=O)N(C(c2ccccc2)c2ccccc2)[C@H](C)C[C@@H]1CI. The second kappa shape index (κ2) is 9.41. The van der Waals surface area contributed by atoms with E-state index in [1.807, 2.05) is 65.6 Å². The molecule has 0 aromatic heterocycles. The molecule has 0 aliphatic carbocycles. The van der Waals surface area contributed by atoms with Gasteiger partial charge in [0.2, 0.25) is 0 Å². The fraction of sp³-hybridized carbons (Fsp3) is 0.364. The molecule has 1 aliphatic heterocycles. The Morgan fingerprint density at radius 2 is 1.64 bits per heavy atom. The lowest BCUT2D eigenvalue weighted by Crippen LogP contribution is -2.61. The van der Waals surface area contributed by atoms with Crippen LogP contribution in [0.5, 0.6) is 0 Å². The van der Waals surface area contributed by atoms with E-state index in [-0.39, 0.29) is 30.8 Å². The molecule has 1 fully saturated rings. The van der Waals surface area contributed by atoms with Crippen LogP contribution in [0.4, 0.5) is 9.59 Å². The highest BCUT2D eigenvalue weighted by atomic mass is 127. The molecule has 0 N–H and O–H groups in total. The maximum atomic E-state index is 13.6. The van der Waals surface area contributed by atoms with Crippen LogP contribution in [0.2, 0.25) is 0 Å². The summed E-state index contributed by atoms with van der Waals surface area (Å²) >= 11 is 2.23. The molecule has 0 unspecified atom stereocenters. The largest absolute Gasteiger partial charge is 0.449 e. The zero-order chi connectivity index (χ0) is 20.1. The average molecular weight is 492 g/mol. The summed E-state index contributed by atoms with van der Waals surface area (Å²) in [5, 5.41) is 0. The molecule has 2 aromatic rings. The highest BCUT2D eigenvalue weighted by Crippen LogP contribution is 2.36. The zero-order valence-electron chi connectivity index (χ0n) is 16.1. The molecule has 3 amide bonds. The standard InChI is InChI=1S/C22H25IN2O3/c1-3-28-22(27)25-19(15-23)14-16(2)24(21(25)26)20(17-10-6-4-7-11-17)18-12-8-5-9-13-18/h4-13,16,19-20H,3,14-15H2,1-2H3/t16-,19-/m1/s1. The van der Waals surface area contributed by atoms with Gasteiger partial charge in [-0.25, -0.2) is 14.5 Å². The number of hydrogen-bond acceptors (Lipinski definition) is 3. The number of carbonyl (C=O) groups excluding carboxylic acids is 2. The summed E-state index contributed by atoms with van der Waals surface area (Å²) in [7, 11) is 0. The minimum absolute atomic E-state index is 0.0108. The normalized spacial score (nSPS) is 19.8. The second-order valence-corrected chi connectivity index (χ2v) is 7.76. The van der Waals surface area contributed by atoms with E-state index in [1.54, 1.807) is 6.92 Å². The fourth-order valence-corrected chi connectivity index (χ4v) is 4.54. The van der Waals surface area contributed by atoms with Crippen LogP contribution in [-0.4, -0.2) is 45.0 Å². The summed E-state index contributed by atoms with van der Waals surface area (Å²) in [6.07, 6.45) is 0.148. The number of nitrogens with zero attached hydrogens (tertiary/aromatic N) is 2. The maximum Gasteiger partial charge on any atom is 0.418 e. The van der Waals surface area contributed by atoms with Crippen LogP contribution in [0, 0.1) is 0 Å². The number of benzene rings is 2. The van der Waals surface area contributed by atoms with Crippen LogP contribution < -0.4 is 0 Å². The second-order valence-electron chi connectivity index (χ2n) is 6.88. The quantitative estimate of drug-likeness (QED) is 0.423. The molecular formula is C22H25IN2O3. The van der Waals surface area contributed by atoms with Gasteiger partial charge in [-0.2, -0.15) is 0 Å². The lowest BCUT2D eigenvalue weighted by atomic mass is 9.93. The van der Waals surface area contributed by atoms with E-state index in [9.17, 15) is 9.59 Å². The van der Waals surface area contributed by atoms with E-state index < -0.39 is 6.09 Å². The van der Waals surface area contributed by atoms with Crippen molar-refractivity contribution in [1.82, 2.24) is 9.80 Å². The Morgan fingerprint density at radius 3 is 2.11 bits per heavy atom. The summed E-state index contributed by atoms with van der Waals surface area (Å²) in [4.78, 5) is 29.3. The number of ether oxygens (including phenoxy) is 1. The number of rotatable bonds is 5. The summed E-state index contributed by atoms with van der Waals surface area (Å²) in [5.74, 6) is 0. The van der Waals surface area contributed by atoms with Crippen LogP contribution >= 0.6 is 22.6 Å². The van der Waals surface area contributed by atoms with E-state index in [0.29, 0.717) is 10.8 Å². The first-order chi connectivity index (χ1) is 13.6. The van der Waals surface area contributed by atoms with Crippen molar-refractivity contribution in [3.05, 3.63) is 71.8 Å². The van der Waals surface area contributed by atoms with Gasteiger partial charge in [-0.3, -0.25) is 0 Å². The third-order valence-corrected chi connectivity index (χ3v) is 6.05. The third kappa shape index (κ3) is 4.16. The molecule has 6 heteroatoms. The Bertz CT molecular complexity index is 760. The Balaban J connectivity index is 2.05. The van der Waals surface area contributed by atoms with Gasteiger partial charge in [0.25, 0.3) is 0 Å². The van der Waals surface area contributed by atoms with Crippen LogP contribution in [0.3, 0.4) is 0 Å². The van der Waals surface area contributed by atoms with Gasteiger partial charge in [0.05, 0.1) is 18.7 Å². The highest BCUT2D eigenvalue weighted by molar-refractivity contribution is 14.1. The number of carbonyl (C=O) groups is 2. The Hall–Kier alpha value is -2.09. The monoisotopic (exact) mass is 492 g/mol. The van der Waals surface area contributed by atoms with Gasteiger partial charge in [-0.1, -0.05) is 83.3 Å². The number of imide groups is 1. The molecular weight excluding hydrogens is 467 g/mol. The van der Waals surface area contributed by atoms with Gasteiger partial charge < -0.3 is 9.64 Å². The van der Waals surface area contributed by atoms with Gasteiger partial charge in [0, 0.05) is 10.5 Å². The minimum atomic E-state index is -0.564. The molecule has 0 bridgehead atoms. The van der Waals surface area contributed by atoms with E-state index in [1.165, 1.54) is 4.90 Å². The summed E-state index contributed by atoms with van der Waals surface area (Å²) in [6, 6.07) is 19.2. The van der Waals surface area contributed by atoms with Crippen LogP contribution in [0.1, 0.15) is 37.4 Å². The molecule has 148 valence electrons. The smallest absolute Gasteiger partial charge is 0.418 e. The number of urea groups is 1. The lowest BCUT2D eigenvalue weighted by Gasteiger charge is -2.46. The first-order valence-corrected chi connectivity index (χ1v) is 11.0. The summed E-state index contributed by atoms with van der Waals surface area (Å²) < 4.78 is 5.88. The molecule has 1 saturated heterocycles. The van der Waals surface area contributed by atoms with Gasteiger partial charge in [-0.15, -0.1) is 0 Å². The lowest BCUT2D eigenvalue weighted by molar-refractivity contribution is 0.0502. The Kier molecular flexibility index (Phi) is 6.93. The summed E-state index contributed by atoms with van der Waals surface area (Å²) in [6.45, 7) is 4.05. The number of halogens is 1. The molecule has 2 atom stereocenters. The molecule has 1 aliphatic rings. The third-order valence-electron chi connectivity index (χ3n) is 5.03. The van der Waals surface area contributed by atoms with Crippen molar-refractivity contribution in [3.63, 3.8) is 0 Å². The molecule has 1 heterocycles. The summed E-state index contributed by atoms with van der Waals surface area (Å²) in [5.41, 5.74) is 2.04. The minimum Gasteiger partial charge on any atom is -0.449 e. The van der Waals surface area contributed by atoms with E-state index in [2.05, 4.69) is 29.5 Å². The predicted octanol–water partition coefficient (Wildman–Crippen LogP) is 5.25. The van der Waals surface area contributed by atoms with Gasteiger partial charge in [-0.05, 0) is 31.4 Å². The topological polar surface area (TPSA) is 49.9 Å². The molecule has 0 spiro atoms. The van der Waals surface area contributed by atoms with Crippen molar-refractivity contribution in [1.29, 1.82) is 0 Å². The number of hydrogen-bond donors (Lipinski definition) is 0. The molecule has 5 nitrogen and oxygen atoms in total. The number of alkyl halides is 1. The maximum absolute atomic E-state index is 13.6. The van der Waals surface area contributed by atoms with Crippen LogP contribution in [0.25, 0.3) is 0 Å². The molecule has 0 radical (unpaired) electrons. The Labute approximate surface area is 179 Å². The van der Waals surface area contributed by atoms with Crippen LogP contribution in [-0.2, 0) is 4.74 Å². The van der Waals surface area contributed by atoms with Gasteiger partial charge >= 0.3 is 12.1 Å². The molecule has 2 aromatic carbocycles. The van der Waals surface area contributed by atoms with Crippen molar-refractivity contribution in [2.45, 2.75) is 38.4 Å². The van der Waals surface area contributed by atoms with E-state index in [4.69, 9.17) is 4.74 Å². The average Bonchev–Trinajstić information content (AvgIpc) is 2.72. The predicted molar refractivity (Wildman–Crippen MR) is 118 cm³/mol. The first-order valence-electron chi connectivity index (χ1n) is 9.52. The number of amides is 3. The zero-order valence-corrected chi connectivity index (χ0v) is 18.3. The van der Waals surface area contributed by atoms with Crippen molar-refractivity contribution in [2.75, 3.05) is 11.0 Å².